The van der Waals surface area contributed by atoms with Gasteiger partial charge in [0.25, 0.3) is 11.8 Å². The van der Waals surface area contributed by atoms with Gasteiger partial charge in [-0.1, -0.05) is 33.8 Å². The number of amides is 1. The van der Waals surface area contributed by atoms with E-state index in [2.05, 4.69) is 48.3 Å². The summed E-state index contributed by atoms with van der Waals surface area (Å²) in [5.41, 5.74) is 3.10. The molecule has 2 heterocycles. The van der Waals surface area contributed by atoms with E-state index in [1.807, 2.05) is 35.0 Å². The molecular weight excluding hydrogens is 354 g/mol. The first-order valence-corrected chi connectivity index (χ1v) is 9.61. The van der Waals surface area contributed by atoms with Crippen LogP contribution in [0.25, 0.3) is 17.3 Å². The lowest BCUT2D eigenvalue weighted by atomic mass is 10.1. The van der Waals surface area contributed by atoms with Crippen LogP contribution in [0.3, 0.4) is 0 Å². The van der Waals surface area contributed by atoms with Crippen LogP contribution in [0.2, 0.25) is 0 Å². The van der Waals surface area contributed by atoms with Crippen molar-refractivity contribution in [3.05, 3.63) is 47.5 Å². The van der Waals surface area contributed by atoms with Crippen LogP contribution in [0.5, 0.6) is 0 Å². The van der Waals surface area contributed by atoms with Gasteiger partial charge in [0.15, 0.2) is 0 Å². The normalized spacial score (nSPS) is 11.4. The van der Waals surface area contributed by atoms with Gasteiger partial charge in [0.05, 0.1) is 5.69 Å². The molecule has 1 aromatic carbocycles. The van der Waals surface area contributed by atoms with Crippen molar-refractivity contribution in [1.82, 2.24) is 25.3 Å². The Morgan fingerprint density at radius 1 is 1.14 bits per heavy atom. The Kier molecular flexibility index (Phi) is 5.92. The van der Waals surface area contributed by atoms with E-state index in [-0.39, 0.29) is 5.91 Å². The minimum atomic E-state index is -0.0825. The molecule has 1 N–H and O–H groups in total. The van der Waals surface area contributed by atoms with E-state index in [0.717, 1.165) is 17.8 Å². The second kappa shape index (κ2) is 8.37. The molecule has 0 saturated heterocycles. The van der Waals surface area contributed by atoms with Gasteiger partial charge in [0, 0.05) is 24.7 Å². The molecule has 148 valence electrons. The highest BCUT2D eigenvalue weighted by atomic mass is 16.4. The summed E-state index contributed by atoms with van der Waals surface area (Å²) < 4.78 is 7.39. The molecule has 0 unspecified atom stereocenters. The van der Waals surface area contributed by atoms with Gasteiger partial charge < -0.3 is 9.73 Å². The first kappa shape index (κ1) is 19.8. The number of aryl methyl sites for hydroxylation is 1. The van der Waals surface area contributed by atoms with E-state index < -0.39 is 0 Å². The van der Waals surface area contributed by atoms with Crippen molar-refractivity contribution in [2.75, 3.05) is 6.54 Å². The Balaban J connectivity index is 1.96. The molecule has 1 amide bonds. The zero-order valence-corrected chi connectivity index (χ0v) is 17.1. The standard InChI is InChI=1S/C21H27N5O2/c1-13(2)9-18-11-19(21-24-23-15(5)28-21)25-26(18)17-8-6-7-16(10-17)20(27)22-12-14(3)4/h6-8,10-11,13-14H,9,12H2,1-5H3,(H,22,27). The molecule has 0 fully saturated rings. The van der Waals surface area contributed by atoms with Crippen LogP contribution in [-0.2, 0) is 6.42 Å². The summed E-state index contributed by atoms with van der Waals surface area (Å²) in [5, 5.41) is 15.6. The van der Waals surface area contributed by atoms with Crippen LogP contribution in [-0.4, -0.2) is 32.4 Å². The van der Waals surface area contributed by atoms with Gasteiger partial charge in [-0.25, -0.2) is 4.68 Å². The van der Waals surface area contributed by atoms with E-state index in [1.165, 1.54) is 0 Å². The van der Waals surface area contributed by atoms with E-state index >= 15 is 0 Å². The maximum atomic E-state index is 12.5. The molecule has 7 nitrogen and oxygen atoms in total. The van der Waals surface area contributed by atoms with Gasteiger partial charge in [0.2, 0.25) is 5.89 Å². The van der Waals surface area contributed by atoms with Gasteiger partial charge in [-0.3, -0.25) is 4.79 Å². The third-order valence-electron chi connectivity index (χ3n) is 4.17. The first-order chi connectivity index (χ1) is 13.3. The SMILES string of the molecule is Cc1nnc(-c2cc(CC(C)C)n(-c3cccc(C(=O)NCC(C)C)c3)n2)o1. The van der Waals surface area contributed by atoms with E-state index in [9.17, 15) is 4.79 Å². The van der Waals surface area contributed by atoms with Crippen LogP contribution in [0.15, 0.2) is 34.7 Å². The number of nitrogens with zero attached hydrogens (tertiary/aromatic N) is 4. The first-order valence-electron chi connectivity index (χ1n) is 9.61. The largest absolute Gasteiger partial charge is 0.420 e. The van der Waals surface area contributed by atoms with Crippen LogP contribution in [0.4, 0.5) is 0 Å². The second-order valence-electron chi connectivity index (χ2n) is 7.81. The van der Waals surface area contributed by atoms with Crippen LogP contribution < -0.4 is 5.32 Å². The lowest BCUT2D eigenvalue weighted by molar-refractivity contribution is 0.0949. The topological polar surface area (TPSA) is 85.8 Å². The van der Waals surface area contributed by atoms with E-state index in [0.29, 0.717) is 41.4 Å². The number of hydrogen-bond donors (Lipinski definition) is 1. The predicted octanol–water partition coefficient (Wildman–Crippen LogP) is 3.82. The molecule has 0 bridgehead atoms. The van der Waals surface area contributed by atoms with Crippen molar-refractivity contribution < 1.29 is 9.21 Å². The fourth-order valence-electron chi connectivity index (χ4n) is 2.89. The summed E-state index contributed by atoms with van der Waals surface area (Å²) >= 11 is 0. The molecule has 7 heteroatoms. The van der Waals surface area contributed by atoms with Gasteiger partial charge in [-0.2, -0.15) is 5.10 Å². The molecule has 0 aliphatic heterocycles. The van der Waals surface area contributed by atoms with E-state index in [1.54, 1.807) is 6.92 Å². The number of nitrogens with one attached hydrogen (secondary N) is 1. The fraction of sp³-hybridized carbons (Fsp3) is 0.429. The lowest BCUT2D eigenvalue weighted by Crippen LogP contribution is -2.27. The second-order valence-corrected chi connectivity index (χ2v) is 7.81. The summed E-state index contributed by atoms with van der Waals surface area (Å²) in [6, 6.07) is 9.46. The number of carbonyl (C=O) groups is 1. The monoisotopic (exact) mass is 381 g/mol. The minimum Gasteiger partial charge on any atom is -0.420 e. The predicted molar refractivity (Wildman–Crippen MR) is 107 cm³/mol. The smallest absolute Gasteiger partial charge is 0.268 e. The highest BCUT2D eigenvalue weighted by molar-refractivity contribution is 5.94. The van der Waals surface area contributed by atoms with Crippen molar-refractivity contribution in [1.29, 1.82) is 0 Å². The molecule has 28 heavy (non-hydrogen) atoms. The number of aromatic nitrogens is 4. The average Bonchev–Trinajstić information content (AvgIpc) is 3.25. The zero-order valence-electron chi connectivity index (χ0n) is 17.1. The highest BCUT2D eigenvalue weighted by Crippen LogP contribution is 2.23. The molecule has 3 aromatic rings. The third-order valence-corrected chi connectivity index (χ3v) is 4.17. The summed E-state index contributed by atoms with van der Waals surface area (Å²) in [7, 11) is 0. The molecular formula is C21H27N5O2. The van der Waals surface area contributed by atoms with Crippen molar-refractivity contribution in [3.8, 4) is 17.3 Å². The molecule has 0 aliphatic carbocycles. The number of carbonyl (C=O) groups excluding carboxylic acids is 1. The maximum absolute atomic E-state index is 12.5. The Bertz CT molecular complexity index is 955. The van der Waals surface area contributed by atoms with Crippen molar-refractivity contribution >= 4 is 5.91 Å². The summed E-state index contributed by atoms with van der Waals surface area (Å²) in [6.45, 7) is 10.8. The van der Waals surface area contributed by atoms with Crippen molar-refractivity contribution in [2.24, 2.45) is 11.8 Å². The third kappa shape index (κ3) is 4.65. The molecule has 0 saturated carbocycles. The Labute approximate surface area is 165 Å². The molecule has 0 spiro atoms. The minimum absolute atomic E-state index is 0.0825. The number of rotatable bonds is 7. The Morgan fingerprint density at radius 3 is 2.57 bits per heavy atom. The Morgan fingerprint density at radius 2 is 1.93 bits per heavy atom. The lowest BCUT2D eigenvalue weighted by Gasteiger charge is -2.11. The highest BCUT2D eigenvalue weighted by Gasteiger charge is 2.17. The molecule has 0 atom stereocenters. The van der Waals surface area contributed by atoms with Crippen LogP contribution in [0, 0.1) is 18.8 Å². The summed E-state index contributed by atoms with van der Waals surface area (Å²) in [5.74, 6) is 1.66. The maximum Gasteiger partial charge on any atom is 0.268 e. The molecule has 0 aliphatic rings. The summed E-state index contributed by atoms with van der Waals surface area (Å²) in [4.78, 5) is 12.5. The zero-order chi connectivity index (χ0) is 20.3. The van der Waals surface area contributed by atoms with Crippen LogP contribution in [0.1, 0.15) is 49.6 Å². The summed E-state index contributed by atoms with van der Waals surface area (Å²) in [6.07, 6.45) is 0.837. The fourth-order valence-corrected chi connectivity index (χ4v) is 2.89. The average molecular weight is 381 g/mol. The van der Waals surface area contributed by atoms with Gasteiger partial charge in [-0.15, -0.1) is 10.2 Å². The number of benzene rings is 1. The van der Waals surface area contributed by atoms with Crippen molar-refractivity contribution in [2.45, 2.75) is 41.0 Å². The van der Waals surface area contributed by atoms with Crippen molar-refractivity contribution in [3.63, 3.8) is 0 Å². The van der Waals surface area contributed by atoms with Gasteiger partial charge in [-0.05, 0) is 42.5 Å². The van der Waals surface area contributed by atoms with E-state index in [4.69, 9.17) is 4.42 Å². The number of hydrogen-bond acceptors (Lipinski definition) is 5. The quantitative estimate of drug-likeness (QED) is 0.672. The molecule has 0 radical (unpaired) electrons. The van der Waals surface area contributed by atoms with Gasteiger partial charge >= 0.3 is 0 Å². The Hall–Kier alpha value is -2.96. The molecule has 3 rings (SSSR count). The molecule has 2 aromatic heterocycles. The van der Waals surface area contributed by atoms with Gasteiger partial charge in [0.1, 0.15) is 5.69 Å². The van der Waals surface area contributed by atoms with Crippen LogP contribution >= 0.6 is 0 Å².